The van der Waals surface area contributed by atoms with Crippen molar-refractivity contribution in [2.75, 3.05) is 5.32 Å². The van der Waals surface area contributed by atoms with Gasteiger partial charge in [0, 0.05) is 28.3 Å². The van der Waals surface area contributed by atoms with E-state index in [1.807, 2.05) is 24.3 Å². The fourth-order valence-corrected chi connectivity index (χ4v) is 2.71. The molecule has 0 amide bonds. The molecular formula is C16H11BrClFN2. The van der Waals surface area contributed by atoms with Crippen LogP contribution in [0.15, 0.2) is 53.1 Å². The Morgan fingerprint density at radius 2 is 2.05 bits per heavy atom. The molecule has 0 bridgehead atoms. The van der Waals surface area contributed by atoms with Gasteiger partial charge in [-0.2, -0.15) is 0 Å². The molecule has 0 aliphatic heterocycles. The number of aromatic nitrogens is 1. The van der Waals surface area contributed by atoms with Crippen LogP contribution in [0, 0.1) is 5.82 Å². The Hall–Kier alpha value is -1.65. The minimum Gasteiger partial charge on any atom is -0.381 e. The zero-order valence-electron chi connectivity index (χ0n) is 10.9. The Kier molecular flexibility index (Phi) is 4.08. The molecule has 106 valence electrons. The molecule has 0 saturated heterocycles. The highest BCUT2D eigenvalue weighted by Gasteiger charge is 2.06. The van der Waals surface area contributed by atoms with Crippen LogP contribution in [0.5, 0.6) is 0 Å². The second-order valence-corrected chi connectivity index (χ2v) is 5.85. The van der Waals surface area contributed by atoms with Gasteiger partial charge in [-0.05, 0) is 35.9 Å². The molecule has 0 spiro atoms. The van der Waals surface area contributed by atoms with Gasteiger partial charge in [0.1, 0.15) is 5.82 Å². The Bertz CT molecular complexity index is 807. The average molecular weight is 366 g/mol. The van der Waals surface area contributed by atoms with Gasteiger partial charge in [0.05, 0.1) is 10.5 Å². The third-order valence-electron chi connectivity index (χ3n) is 3.20. The zero-order valence-corrected chi connectivity index (χ0v) is 13.2. The molecule has 0 radical (unpaired) electrons. The lowest BCUT2D eigenvalue weighted by molar-refractivity contribution is 0.628. The van der Waals surface area contributed by atoms with Gasteiger partial charge in [-0.25, -0.2) is 4.39 Å². The molecule has 0 aliphatic carbocycles. The maximum absolute atomic E-state index is 13.4. The molecule has 1 heterocycles. The highest BCUT2D eigenvalue weighted by Crippen LogP contribution is 2.26. The molecule has 0 atom stereocenters. The normalized spacial score (nSPS) is 10.8. The number of hydrogen-bond acceptors (Lipinski definition) is 2. The lowest BCUT2D eigenvalue weighted by Crippen LogP contribution is -2.01. The van der Waals surface area contributed by atoms with E-state index in [1.54, 1.807) is 12.3 Å². The highest BCUT2D eigenvalue weighted by atomic mass is 79.9. The van der Waals surface area contributed by atoms with Gasteiger partial charge in [-0.1, -0.05) is 39.7 Å². The van der Waals surface area contributed by atoms with Crippen LogP contribution in [0.2, 0.25) is 5.02 Å². The van der Waals surface area contributed by atoms with E-state index >= 15 is 0 Å². The van der Waals surface area contributed by atoms with Gasteiger partial charge in [0.15, 0.2) is 0 Å². The predicted octanol–water partition coefficient (Wildman–Crippen LogP) is 5.40. The summed E-state index contributed by atoms with van der Waals surface area (Å²) in [6.07, 6.45) is 1.76. The van der Waals surface area contributed by atoms with Crippen LogP contribution in [0.1, 0.15) is 5.56 Å². The summed E-state index contributed by atoms with van der Waals surface area (Å²) in [7, 11) is 0. The summed E-state index contributed by atoms with van der Waals surface area (Å²) in [4.78, 5) is 4.42. The number of fused-ring (bicyclic) bond motifs is 1. The standard InChI is InChI=1S/C16H11BrClFN2/c17-13-5-3-10(16-12(13)2-1-7-20-16)9-21-11-4-6-14(18)15(19)8-11/h1-8,21H,9H2. The predicted molar refractivity (Wildman–Crippen MR) is 88.2 cm³/mol. The van der Waals surface area contributed by atoms with E-state index in [4.69, 9.17) is 11.6 Å². The number of nitrogens with one attached hydrogen (secondary N) is 1. The number of rotatable bonds is 3. The second-order valence-electron chi connectivity index (χ2n) is 4.59. The molecule has 0 fully saturated rings. The molecule has 1 aromatic heterocycles. The van der Waals surface area contributed by atoms with Crippen molar-refractivity contribution in [1.29, 1.82) is 0 Å². The summed E-state index contributed by atoms with van der Waals surface area (Å²) in [6, 6.07) is 12.6. The van der Waals surface area contributed by atoms with Gasteiger partial charge in [0.25, 0.3) is 0 Å². The average Bonchev–Trinajstić information content (AvgIpc) is 2.50. The minimum absolute atomic E-state index is 0.122. The van der Waals surface area contributed by atoms with Crippen molar-refractivity contribution in [1.82, 2.24) is 4.98 Å². The molecule has 5 heteroatoms. The third kappa shape index (κ3) is 3.01. The molecule has 2 nitrogen and oxygen atoms in total. The number of anilines is 1. The van der Waals surface area contributed by atoms with Crippen LogP contribution in [-0.2, 0) is 6.54 Å². The summed E-state index contributed by atoms with van der Waals surface area (Å²) >= 11 is 9.20. The minimum atomic E-state index is -0.430. The van der Waals surface area contributed by atoms with Gasteiger partial charge in [0.2, 0.25) is 0 Å². The largest absolute Gasteiger partial charge is 0.381 e. The highest BCUT2D eigenvalue weighted by molar-refractivity contribution is 9.10. The quantitative estimate of drug-likeness (QED) is 0.672. The Labute approximate surface area is 135 Å². The number of hydrogen-bond donors (Lipinski definition) is 1. The third-order valence-corrected chi connectivity index (χ3v) is 4.20. The van der Waals surface area contributed by atoms with Crippen molar-refractivity contribution in [3.63, 3.8) is 0 Å². The van der Waals surface area contributed by atoms with E-state index in [0.717, 1.165) is 20.9 Å². The fourth-order valence-electron chi connectivity index (χ4n) is 2.14. The first-order valence-electron chi connectivity index (χ1n) is 6.36. The van der Waals surface area contributed by atoms with Gasteiger partial charge < -0.3 is 5.32 Å². The SMILES string of the molecule is Fc1cc(NCc2ccc(Br)c3cccnc23)ccc1Cl. The van der Waals surface area contributed by atoms with Crippen molar-refractivity contribution in [2.45, 2.75) is 6.54 Å². The Balaban J connectivity index is 1.88. The Morgan fingerprint density at radius 3 is 2.86 bits per heavy atom. The fraction of sp³-hybridized carbons (Fsp3) is 0.0625. The van der Waals surface area contributed by atoms with Crippen molar-refractivity contribution < 1.29 is 4.39 Å². The van der Waals surface area contributed by atoms with Crippen molar-refractivity contribution in [3.05, 3.63) is 69.5 Å². The van der Waals surface area contributed by atoms with Crippen LogP contribution in [0.4, 0.5) is 10.1 Å². The van der Waals surface area contributed by atoms with E-state index in [0.29, 0.717) is 12.2 Å². The van der Waals surface area contributed by atoms with Gasteiger partial charge >= 0.3 is 0 Å². The van der Waals surface area contributed by atoms with Crippen LogP contribution >= 0.6 is 27.5 Å². The summed E-state index contributed by atoms with van der Waals surface area (Å²) < 4.78 is 14.4. The topological polar surface area (TPSA) is 24.9 Å². The van der Waals surface area contributed by atoms with Gasteiger partial charge in [-0.3, -0.25) is 4.98 Å². The second kappa shape index (κ2) is 6.00. The Morgan fingerprint density at radius 1 is 1.19 bits per heavy atom. The maximum atomic E-state index is 13.4. The lowest BCUT2D eigenvalue weighted by atomic mass is 10.1. The zero-order chi connectivity index (χ0) is 14.8. The van der Waals surface area contributed by atoms with Crippen LogP contribution in [0.25, 0.3) is 10.9 Å². The first-order valence-corrected chi connectivity index (χ1v) is 7.53. The first-order chi connectivity index (χ1) is 10.1. The molecule has 0 unspecified atom stereocenters. The summed E-state index contributed by atoms with van der Waals surface area (Å²) in [6.45, 7) is 0.557. The smallest absolute Gasteiger partial charge is 0.143 e. The molecule has 2 aromatic carbocycles. The number of benzene rings is 2. The number of pyridine rings is 1. The molecule has 0 saturated carbocycles. The van der Waals surface area contributed by atoms with Crippen LogP contribution in [-0.4, -0.2) is 4.98 Å². The van der Waals surface area contributed by atoms with Crippen molar-refractivity contribution >= 4 is 44.1 Å². The molecule has 21 heavy (non-hydrogen) atoms. The van der Waals surface area contributed by atoms with Crippen LogP contribution < -0.4 is 5.32 Å². The van der Waals surface area contributed by atoms with E-state index in [1.165, 1.54) is 12.1 Å². The van der Waals surface area contributed by atoms with Gasteiger partial charge in [-0.15, -0.1) is 0 Å². The molecular weight excluding hydrogens is 355 g/mol. The van der Waals surface area contributed by atoms with Crippen LogP contribution in [0.3, 0.4) is 0 Å². The molecule has 3 rings (SSSR count). The summed E-state index contributed by atoms with van der Waals surface area (Å²) in [5.74, 6) is -0.430. The van der Waals surface area contributed by atoms with E-state index in [-0.39, 0.29) is 5.02 Å². The molecule has 3 aromatic rings. The van der Waals surface area contributed by atoms with Crippen molar-refractivity contribution in [2.24, 2.45) is 0 Å². The van der Waals surface area contributed by atoms with Crippen molar-refractivity contribution in [3.8, 4) is 0 Å². The number of halogens is 3. The van der Waals surface area contributed by atoms with E-state index < -0.39 is 5.82 Å². The monoisotopic (exact) mass is 364 g/mol. The maximum Gasteiger partial charge on any atom is 0.143 e. The lowest BCUT2D eigenvalue weighted by Gasteiger charge is -2.10. The van der Waals surface area contributed by atoms with E-state index in [2.05, 4.69) is 26.2 Å². The molecule has 1 N–H and O–H groups in total. The van der Waals surface area contributed by atoms with E-state index in [9.17, 15) is 4.39 Å². The molecule has 0 aliphatic rings. The summed E-state index contributed by atoms with van der Waals surface area (Å²) in [5.41, 5.74) is 2.65. The number of nitrogens with zero attached hydrogens (tertiary/aromatic N) is 1. The first kappa shape index (κ1) is 14.3. The summed E-state index contributed by atoms with van der Waals surface area (Å²) in [5, 5.41) is 4.36.